The molecule has 0 saturated carbocycles. The number of rotatable bonds is 5. The molecule has 0 saturated heterocycles. The third kappa shape index (κ3) is 3.74. The van der Waals surface area contributed by atoms with Gasteiger partial charge in [0.15, 0.2) is 0 Å². The number of aromatic nitrogens is 1. The maximum atomic E-state index is 4.34. The summed E-state index contributed by atoms with van der Waals surface area (Å²) in [6.45, 7) is 12.6. The lowest BCUT2D eigenvalue weighted by Gasteiger charge is -2.20. The Kier molecular flexibility index (Phi) is 4.95. The Morgan fingerprint density at radius 1 is 1.35 bits per heavy atom. The minimum Gasteiger partial charge on any atom is -0.377 e. The van der Waals surface area contributed by atoms with Crippen LogP contribution < -0.4 is 5.32 Å². The Balaban J connectivity index is 2.70. The summed E-state index contributed by atoms with van der Waals surface area (Å²) in [5.41, 5.74) is 3.28. The summed E-state index contributed by atoms with van der Waals surface area (Å²) in [7, 11) is 0. The quantitative estimate of drug-likeness (QED) is 0.777. The van der Waals surface area contributed by atoms with Gasteiger partial charge in [-0.1, -0.05) is 32.6 Å². The normalized spacial score (nSPS) is 13.6. The SMILES string of the molecule is C=C(NC(C)c1ccccn1)/C(=C\C)C(C)C. The van der Waals surface area contributed by atoms with Crippen molar-refractivity contribution in [2.24, 2.45) is 5.92 Å². The van der Waals surface area contributed by atoms with Gasteiger partial charge in [0.05, 0.1) is 11.7 Å². The molecule has 1 aromatic heterocycles. The minimum absolute atomic E-state index is 0.178. The van der Waals surface area contributed by atoms with E-state index >= 15 is 0 Å². The van der Waals surface area contributed by atoms with Crippen molar-refractivity contribution in [3.8, 4) is 0 Å². The molecule has 1 rings (SSSR count). The number of hydrogen-bond donors (Lipinski definition) is 1. The maximum absolute atomic E-state index is 4.34. The second-order valence-corrected chi connectivity index (χ2v) is 4.50. The number of pyridine rings is 1. The van der Waals surface area contributed by atoms with Crippen LogP contribution in [0.4, 0.5) is 0 Å². The second kappa shape index (κ2) is 6.24. The van der Waals surface area contributed by atoms with Crippen LogP contribution in [0.3, 0.4) is 0 Å². The summed E-state index contributed by atoms with van der Waals surface area (Å²) in [6, 6.07) is 6.13. The highest BCUT2D eigenvalue weighted by Gasteiger charge is 2.11. The molecule has 0 bridgehead atoms. The molecule has 92 valence electrons. The Bertz CT molecular complexity index is 391. The highest BCUT2D eigenvalue weighted by atomic mass is 14.9. The van der Waals surface area contributed by atoms with Crippen molar-refractivity contribution in [3.05, 3.63) is 54.0 Å². The average molecular weight is 230 g/mol. The van der Waals surface area contributed by atoms with Crippen LogP contribution in [-0.2, 0) is 0 Å². The first-order valence-electron chi connectivity index (χ1n) is 6.09. The van der Waals surface area contributed by atoms with Gasteiger partial charge in [-0.3, -0.25) is 4.98 Å². The summed E-state index contributed by atoms with van der Waals surface area (Å²) < 4.78 is 0. The lowest BCUT2D eigenvalue weighted by molar-refractivity contribution is 0.621. The zero-order chi connectivity index (χ0) is 12.8. The van der Waals surface area contributed by atoms with E-state index in [1.165, 1.54) is 5.57 Å². The van der Waals surface area contributed by atoms with E-state index < -0.39 is 0 Å². The Labute approximate surface area is 104 Å². The molecule has 0 spiro atoms. The van der Waals surface area contributed by atoms with E-state index in [-0.39, 0.29) is 6.04 Å². The molecule has 0 radical (unpaired) electrons. The van der Waals surface area contributed by atoms with Crippen LogP contribution in [0.2, 0.25) is 0 Å². The highest BCUT2D eigenvalue weighted by Crippen LogP contribution is 2.19. The van der Waals surface area contributed by atoms with Crippen LogP contribution in [0.15, 0.2) is 48.3 Å². The Hall–Kier alpha value is -1.57. The van der Waals surface area contributed by atoms with Gasteiger partial charge < -0.3 is 5.32 Å². The van der Waals surface area contributed by atoms with Gasteiger partial charge in [0.25, 0.3) is 0 Å². The molecular formula is C15H22N2. The smallest absolute Gasteiger partial charge is 0.0657 e. The van der Waals surface area contributed by atoms with Gasteiger partial charge in [-0.15, -0.1) is 0 Å². The van der Waals surface area contributed by atoms with Crippen LogP contribution in [0.1, 0.15) is 39.4 Å². The van der Waals surface area contributed by atoms with Crippen molar-refractivity contribution >= 4 is 0 Å². The van der Waals surface area contributed by atoms with E-state index in [1.807, 2.05) is 31.3 Å². The van der Waals surface area contributed by atoms with Crippen molar-refractivity contribution in [2.45, 2.75) is 33.7 Å². The predicted octanol–water partition coefficient (Wildman–Crippen LogP) is 3.85. The number of nitrogens with one attached hydrogen (secondary N) is 1. The molecule has 1 heterocycles. The van der Waals surface area contributed by atoms with Crippen LogP contribution in [-0.4, -0.2) is 4.98 Å². The second-order valence-electron chi connectivity index (χ2n) is 4.50. The Morgan fingerprint density at radius 2 is 2.06 bits per heavy atom. The zero-order valence-corrected chi connectivity index (χ0v) is 11.2. The Morgan fingerprint density at radius 3 is 2.53 bits per heavy atom. The predicted molar refractivity (Wildman–Crippen MR) is 73.5 cm³/mol. The summed E-state index contributed by atoms with van der Waals surface area (Å²) in [5, 5.41) is 3.40. The van der Waals surface area contributed by atoms with Gasteiger partial charge in [-0.05, 0) is 37.5 Å². The average Bonchev–Trinajstić information content (AvgIpc) is 2.30. The van der Waals surface area contributed by atoms with Crippen molar-refractivity contribution in [1.29, 1.82) is 0 Å². The molecular weight excluding hydrogens is 208 g/mol. The summed E-state index contributed by atoms with van der Waals surface area (Å²) in [4.78, 5) is 4.34. The molecule has 1 atom stereocenters. The van der Waals surface area contributed by atoms with Crippen molar-refractivity contribution in [2.75, 3.05) is 0 Å². The number of allylic oxidation sites excluding steroid dienone is 2. The van der Waals surface area contributed by atoms with Gasteiger partial charge in [-0.25, -0.2) is 0 Å². The van der Waals surface area contributed by atoms with E-state index in [9.17, 15) is 0 Å². The molecule has 0 fully saturated rings. The molecule has 1 unspecified atom stereocenters. The van der Waals surface area contributed by atoms with E-state index in [4.69, 9.17) is 0 Å². The molecule has 2 heteroatoms. The fraction of sp³-hybridized carbons (Fsp3) is 0.400. The molecule has 0 amide bonds. The van der Waals surface area contributed by atoms with E-state index in [2.05, 4.69) is 43.7 Å². The van der Waals surface area contributed by atoms with Gasteiger partial charge >= 0.3 is 0 Å². The molecule has 0 aliphatic rings. The lowest BCUT2D eigenvalue weighted by Crippen LogP contribution is -2.21. The molecule has 1 aromatic rings. The fourth-order valence-electron chi connectivity index (χ4n) is 1.91. The van der Waals surface area contributed by atoms with Crippen LogP contribution in [0.25, 0.3) is 0 Å². The van der Waals surface area contributed by atoms with Gasteiger partial charge in [0, 0.05) is 11.9 Å². The molecule has 1 N–H and O–H groups in total. The summed E-state index contributed by atoms with van der Waals surface area (Å²) in [5.74, 6) is 0.482. The van der Waals surface area contributed by atoms with Crippen molar-refractivity contribution < 1.29 is 0 Å². The van der Waals surface area contributed by atoms with Crippen molar-refractivity contribution in [3.63, 3.8) is 0 Å². The van der Waals surface area contributed by atoms with Crippen LogP contribution in [0.5, 0.6) is 0 Å². The van der Waals surface area contributed by atoms with Crippen molar-refractivity contribution in [1.82, 2.24) is 10.3 Å². The number of hydrogen-bond acceptors (Lipinski definition) is 2. The van der Waals surface area contributed by atoms with Gasteiger partial charge in [0.2, 0.25) is 0 Å². The molecule has 0 aliphatic heterocycles. The first kappa shape index (κ1) is 13.5. The third-order valence-corrected chi connectivity index (χ3v) is 2.80. The third-order valence-electron chi connectivity index (χ3n) is 2.80. The van der Waals surface area contributed by atoms with Crippen LogP contribution >= 0.6 is 0 Å². The molecule has 0 aromatic carbocycles. The first-order valence-corrected chi connectivity index (χ1v) is 6.09. The topological polar surface area (TPSA) is 24.9 Å². The number of nitrogens with zero attached hydrogens (tertiary/aromatic N) is 1. The minimum atomic E-state index is 0.178. The lowest BCUT2D eigenvalue weighted by atomic mass is 10.00. The van der Waals surface area contributed by atoms with E-state index in [0.29, 0.717) is 5.92 Å². The first-order chi connectivity index (χ1) is 8.06. The standard InChI is InChI=1S/C15H22N2/c1-6-14(11(2)3)12(4)17-13(5)15-9-7-8-10-16-15/h6-11,13,17H,4H2,1-3,5H3/b14-6-. The van der Waals surface area contributed by atoms with E-state index in [0.717, 1.165) is 11.4 Å². The fourth-order valence-corrected chi connectivity index (χ4v) is 1.91. The van der Waals surface area contributed by atoms with Gasteiger partial charge in [-0.2, -0.15) is 0 Å². The molecule has 17 heavy (non-hydrogen) atoms. The molecule has 2 nitrogen and oxygen atoms in total. The zero-order valence-electron chi connectivity index (χ0n) is 11.2. The monoisotopic (exact) mass is 230 g/mol. The summed E-state index contributed by atoms with van der Waals surface area (Å²) >= 11 is 0. The van der Waals surface area contributed by atoms with E-state index in [1.54, 1.807) is 0 Å². The molecule has 0 aliphatic carbocycles. The van der Waals surface area contributed by atoms with Crippen LogP contribution in [0, 0.1) is 5.92 Å². The highest BCUT2D eigenvalue weighted by molar-refractivity contribution is 5.29. The summed E-state index contributed by atoms with van der Waals surface area (Å²) in [6.07, 6.45) is 3.93. The maximum Gasteiger partial charge on any atom is 0.0657 e. The largest absolute Gasteiger partial charge is 0.377 e. The van der Waals surface area contributed by atoms with Gasteiger partial charge in [0.1, 0.15) is 0 Å².